The topological polar surface area (TPSA) is 38.2 Å². The quantitative estimate of drug-likeness (QED) is 0.864. The number of ether oxygens (including phenoxy) is 1. The first-order valence-corrected chi connectivity index (χ1v) is 7.71. The fourth-order valence-corrected chi connectivity index (χ4v) is 2.59. The highest BCUT2D eigenvalue weighted by molar-refractivity contribution is 5.40. The lowest BCUT2D eigenvalue weighted by Gasteiger charge is -2.18. The average Bonchev–Trinajstić information content (AvgIpc) is 3.06. The van der Waals surface area contributed by atoms with Crippen LogP contribution in [0.15, 0.2) is 18.2 Å². The molecule has 122 valence electrons. The van der Waals surface area contributed by atoms with Gasteiger partial charge < -0.3 is 9.64 Å². The highest BCUT2D eigenvalue weighted by Crippen LogP contribution is 2.24. The Morgan fingerprint density at radius 3 is 2.61 bits per heavy atom. The van der Waals surface area contributed by atoms with Crippen LogP contribution in [0.2, 0.25) is 0 Å². The Morgan fingerprint density at radius 1 is 1.13 bits per heavy atom. The lowest BCUT2D eigenvalue weighted by molar-refractivity contribution is 0.284. The minimum Gasteiger partial charge on any atom is -0.472 e. The van der Waals surface area contributed by atoms with E-state index >= 15 is 0 Å². The molecule has 0 saturated carbocycles. The highest BCUT2D eigenvalue weighted by atomic mass is 19.1. The molecule has 1 aliphatic rings. The molecule has 0 bridgehead atoms. The Labute approximate surface area is 134 Å². The van der Waals surface area contributed by atoms with Crippen molar-refractivity contribution in [2.75, 3.05) is 18.0 Å². The van der Waals surface area contributed by atoms with Crippen LogP contribution in [0.4, 0.5) is 14.7 Å². The molecule has 23 heavy (non-hydrogen) atoms. The van der Waals surface area contributed by atoms with Gasteiger partial charge in [-0.3, -0.25) is 0 Å². The molecule has 0 aliphatic carbocycles. The maximum atomic E-state index is 13.7. The molecule has 3 rings (SSSR count). The molecule has 0 N–H and O–H groups in total. The van der Waals surface area contributed by atoms with Crippen molar-refractivity contribution in [3.05, 3.63) is 46.7 Å². The van der Waals surface area contributed by atoms with Gasteiger partial charge in [-0.1, -0.05) is 0 Å². The number of aromatic nitrogens is 2. The largest absolute Gasteiger partial charge is 0.472 e. The Kier molecular flexibility index (Phi) is 4.41. The van der Waals surface area contributed by atoms with Gasteiger partial charge in [0.2, 0.25) is 11.8 Å². The predicted octanol–water partition coefficient (Wildman–Crippen LogP) is 3.55. The second-order valence-electron chi connectivity index (χ2n) is 5.76. The molecule has 2 aromatic rings. The number of hydrogen-bond donors (Lipinski definition) is 0. The lowest BCUT2D eigenvalue weighted by Crippen LogP contribution is -2.21. The van der Waals surface area contributed by atoms with E-state index in [0.717, 1.165) is 55.4 Å². The van der Waals surface area contributed by atoms with E-state index in [2.05, 4.69) is 14.9 Å². The molecule has 2 heterocycles. The summed E-state index contributed by atoms with van der Waals surface area (Å²) in [6.45, 7) is 5.55. The van der Waals surface area contributed by atoms with E-state index in [-0.39, 0.29) is 12.2 Å². The molecule has 0 spiro atoms. The van der Waals surface area contributed by atoms with Gasteiger partial charge in [0.05, 0.1) is 0 Å². The number of benzene rings is 1. The standard InChI is InChI=1S/C17H19F2N3O/c1-11-12(2)20-17(22-7-3-4-8-22)21-16(11)23-10-13-9-14(18)5-6-15(13)19/h5-6,9H,3-4,7-8,10H2,1-2H3. The maximum absolute atomic E-state index is 13.7. The first-order chi connectivity index (χ1) is 11.0. The summed E-state index contributed by atoms with van der Waals surface area (Å²) >= 11 is 0. The highest BCUT2D eigenvalue weighted by Gasteiger charge is 2.18. The number of rotatable bonds is 4. The first-order valence-electron chi connectivity index (χ1n) is 7.71. The average molecular weight is 319 g/mol. The van der Waals surface area contributed by atoms with Gasteiger partial charge in [-0.25, -0.2) is 13.8 Å². The van der Waals surface area contributed by atoms with Crippen LogP contribution in [0.1, 0.15) is 29.7 Å². The number of halogens is 2. The van der Waals surface area contributed by atoms with Crippen LogP contribution < -0.4 is 9.64 Å². The second kappa shape index (κ2) is 6.48. The monoisotopic (exact) mass is 319 g/mol. The molecule has 4 nitrogen and oxygen atoms in total. The fraction of sp³-hybridized carbons (Fsp3) is 0.412. The van der Waals surface area contributed by atoms with Gasteiger partial charge in [-0.15, -0.1) is 0 Å². The summed E-state index contributed by atoms with van der Waals surface area (Å²) < 4.78 is 32.6. The van der Waals surface area contributed by atoms with E-state index in [9.17, 15) is 8.78 Å². The first kappa shape index (κ1) is 15.6. The van der Waals surface area contributed by atoms with Crippen molar-refractivity contribution >= 4 is 5.95 Å². The molecule has 1 saturated heterocycles. The third-order valence-electron chi connectivity index (χ3n) is 4.09. The Hall–Kier alpha value is -2.24. The number of anilines is 1. The number of hydrogen-bond acceptors (Lipinski definition) is 4. The zero-order chi connectivity index (χ0) is 16.4. The van der Waals surface area contributed by atoms with Crippen molar-refractivity contribution in [3.8, 4) is 5.88 Å². The zero-order valence-corrected chi connectivity index (χ0v) is 13.3. The molecule has 1 aromatic carbocycles. The summed E-state index contributed by atoms with van der Waals surface area (Å²) in [7, 11) is 0. The van der Waals surface area contributed by atoms with Crippen molar-refractivity contribution in [1.82, 2.24) is 9.97 Å². The van der Waals surface area contributed by atoms with Crippen LogP contribution in [-0.2, 0) is 6.61 Å². The van der Waals surface area contributed by atoms with Gasteiger partial charge >= 0.3 is 0 Å². The van der Waals surface area contributed by atoms with E-state index in [1.54, 1.807) is 0 Å². The predicted molar refractivity (Wildman–Crippen MR) is 83.6 cm³/mol. The van der Waals surface area contributed by atoms with Crippen molar-refractivity contribution < 1.29 is 13.5 Å². The molecule has 0 unspecified atom stereocenters. The number of nitrogens with zero attached hydrogens (tertiary/aromatic N) is 3. The summed E-state index contributed by atoms with van der Waals surface area (Å²) in [5.74, 6) is 0.0799. The minimum absolute atomic E-state index is 0.0691. The van der Waals surface area contributed by atoms with Crippen LogP contribution in [-0.4, -0.2) is 23.1 Å². The van der Waals surface area contributed by atoms with Gasteiger partial charge in [0.15, 0.2) is 0 Å². The summed E-state index contributed by atoms with van der Waals surface area (Å²) in [5.41, 5.74) is 1.81. The molecule has 1 fully saturated rings. The van der Waals surface area contributed by atoms with Gasteiger partial charge in [0, 0.05) is 29.9 Å². The van der Waals surface area contributed by atoms with E-state index in [0.29, 0.717) is 11.8 Å². The van der Waals surface area contributed by atoms with Crippen LogP contribution in [0.25, 0.3) is 0 Å². The molecule has 1 aromatic heterocycles. The number of aryl methyl sites for hydroxylation is 1. The van der Waals surface area contributed by atoms with Crippen LogP contribution in [0, 0.1) is 25.5 Å². The third-order valence-corrected chi connectivity index (χ3v) is 4.09. The summed E-state index contributed by atoms with van der Waals surface area (Å²) in [6, 6.07) is 3.33. The van der Waals surface area contributed by atoms with Crippen LogP contribution in [0.3, 0.4) is 0 Å². The molecule has 0 amide bonds. The van der Waals surface area contributed by atoms with E-state index in [1.165, 1.54) is 0 Å². The summed E-state index contributed by atoms with van der Waals surface area (Å²) in [5, 5.41) is 0. The molecular weight excluding hydrogens is 300 g/mol. The van der Waals surface area contributed by atoms with Crippen molar-refractivity contribution in [3.63, 3.8) is 0 Å². The maximum Gasteiger partial charge on any atom is 0.228 e. The van der Waals surface area contributed by atoms with Crippen LogP contribution in [0.5, 0.6) is 5.88 Å². The Morgan fingerprint density at radius 2 is 1.87 bits per heavy atom. The third kappa shape index (κ3) is 3.41. The van der Waals surface area contributed by atoms with Crippen LogP contribution >= 0.6 is 0 Å². The Balaban J connectivity index is 1.82. The summed E-state index contributed by atoms with van der Waals surface area (Å²) in [4.78, 5) is 11.1. The van der Waals surface area contributed by atoms with Gasteiger partial charge in [0.1, 0.15) is 18.2 Å². The van der Waals surface area contributed by atoms with E-state index in [1.807, 2.05) is 13.8 Å². The van der Waals surface area contributed by atoms with Crippen molar-refractivity contribution in [2.45, 2.75) is 33.3 Å². The minimum atomic E-state index is -0.491. The SMILES string of the molecule is Cc1nc(N2CCCC2)nc(OCc2cc(F)ccc2F)c1C. The van der Waals surface area contributed by atoms with Gasteiger partial charge in [-0.2, -0.15) is 4.98 Å². The van der Waals surface area contributed by atoms with E-state index in [4.69, 9.17) is 4.74 Å². The molecule has 0 radical (unpaired) electrons. The lowest BCUT2D eigenvalue weighted by atomic mass is 10.2. The summed E-state index contributed by atoms with van der Waals surface area (Å²) in [6.07, 6.45) is 2.25. The van der Waals surface area contributed by atoms with E-state index < -0.39 is 11.6 Å². The molecular formula is C17H19F2N3O. The normalized spacial score (nSPS) is 14.3. The molecule has 6 heteroatoms. The van der Waals surface area contributed by atoms with Crippen molar-refractivity contribution in [1.29, 1.82) is 0 Å². The van der Waals surface area contributed by atoms with Gasteiger partial charge in [-0.05, 0) is 44.9 Å². The Bertz CT molecular complexity index is 715. The fourth-order valence-electron chi connectivity index (χ4n) is 2.59. The van der Waals surface area contributed by atoms with Crippen molar-refractivity contribution in [2.24, 2.45) is 0 Å². The van der Waals surface area contributed by atoms with Gasteiger partial charge in [0.25, 0.3) is 0 Å². The zero-order valence-electron chi connectivity index (χ0n) is 13.3. The molecule has 0 atom stereocenters. The molecule has 1 aliphatic heterocycles. The second-order valence-corrected chi connectivity index (χ2v) is 5.76. The smallest absolute Gasteiger partial charge is 0.228 e.